The van der Waals surface area contributed by atoms with Crippen LogP contribution in [0.5, 0.6) is 0 Å². The molecule has 2 heteroatoms. The van der Waals surface area contributed by atoms with Gasteiger partial charge in [-0.15, -0.1) is 0 Å². The molecule has 2 nitrogen and oxygen atoms in total. The third-order valence-corrected chi connectivity index (χ3v) is 4.56. The molecular weight excluding hydrogens is 208 g/mol. The van der Waals surface area contributed by atoms with Crippen LogP contribution < -0.4 is 5.32 Å². The van der Waals surface area contributed by atoms with Crippen molar-refractivity contribution in [1.29, 1.82) is 0 Å². The normalized spacial score (nSPS) is 30.2. The Morgan fingerprint density at radius 1 is 1.24 bits per heavy atom. The summed E-state index contributed by atoms with van der Waals surface area (Å²) in [5, 5.41) is 3.55. The number of likely N-dealkylation sites (N-methyl/N-ethyl adjacent to an activating group) is 2. The number of hydrogen-bond acceptors (Lipinski definition) is 2. The molecule has 17 heavy (non-hydrogen) atoms. The lowest BCUT2D eigenvalue weighted by atomic mass is 9.76. The van der Waals surface area contributed by atoms with Gasteiger partial charge in [-0.05, 0) is 57.7 Å². The SMILES string of the molecule is CCCN(CC)C1CC(C(C)C)CCC1NC. The first-order valence-electron chi connectivity index (χ1n) is 7.55. The van der Waals surface area contributed by atoms with E-state index >= 15 is 0 Å². The average molecular weight is 240 g/mol. The molecular formula is C15H32N2. The largest absolute Gasteiger partial charge is 0.315 e. The first-order chi connectivity index (χ1) is 8.13. The maximum atomic E-state index is 3.55. The first-order valence-corrected chi connectivity index (χ1v) is 7.55. The number of rotatable bonds is 6. The zero-order valence-electron chi connectivity index (χ0n) is 12.5. The van der Waals surface area contributed by atoms with E-state index in [-0.39, 0.29) is 0 Å². The number of hydrogen-bond donors (Lipinski definition) is 1. The van der Waals surface area contributed by atoms with Gasteiger partial charge >= 0.3 is 0 Å². The van der Waals surface area contributed by atoms with Crippen molar-refractivity contribution in [2.45, 2.75) is 65.5 Å². The predicted molar refractivity (Wildman–Crippen MR) is 76.4 cm³/mol. The molecule has 0 heterocycles. The molecule has 0 aromatic heterocycles. The fraction of sp³-hybridized carbons (Fsp3) is 1.00. The van der Waals surface area contributed by atoms with E-state index in [9.17, 15) is 0 Å². The minimum atomic E-state index is 0.705. The van der Waals surface area contributed by atoms with Gasteiger partial charge in [0.25, 0.3) is 0 Å². The third kappa shape index (κ3) is 3.96. The lowest BCUT2D eigenvalue weighted by Crippen LogP contribution is -2.53. The molecule has 0 amide bonds. The van der Waals surface area contributed by atoms with Crippen LogP contribution in [0.2, 0.25) is 0 Å². The van der Waals surface area contributed by atoms with Crippen LogP contribution in [-0.4, -0.2) is 37.1 Å². The zero-order chi connectivity index (χ0) is 12.8. The summed E-state index contributed by atoms with van der Waals surface area (Å²) < 4.78 is 0. The van der Waals surface area contributed by atoms with Crippen LogP contribution in [-0.2, 0) is 0 Å². The van der Waals surface area contributed by atoms with Gasteiger partial charge in [-0.3, -0.25) is 4.90 Å². The van der Waals surface area contributed by atoms with Crippen molar-refractivity contribution in [3.63, 3.8) is 0 Å². The molecule has 3 unspecified atom stereocenters. The minimum Gasteiger partial charge on any atom is -0.315 e. The zero-order valence-corrected chi connectivity index (χ0v) is 12.5. The summed E-state index contributed by atoms with van der Waals surface area (Å²) in [6.07, 6.45) is 5.41. The van der Waals surface area contributed by atoms with E-state index in [0.29, 0.717) is 6.04 Å². The summed E-state index contributed by atoms with van der Waals surface area (Å²) in [5.74, 6) is 1.77. The van der Waals surface area contributed by atoms with E-state index in [1.54, 1.807) is 0 Å². The fourth-order valence-corrected chi connectivity index (χ4v) is 3.37. The van der Waals surface area contributed by atoms with Gasteiger partial charge in [0.1, 0.15) is 0 Å². The monoisotopic (exact) mass is 240 g/mol. The van der Waals surface area contributed by atoms with Crippen LogP contribution in [0.1, 0.15) is 53.4 Å². The van der Waals surface area contributed by atoms with Gasteiger partial charge < -0.3 is 5.32 Å². The first kappa shape index (κ1) is 15.0. The van der Waals surface area contributed by atoms with Crippen molar-refractivity contribution in [2.24, 2.45) is 11.8 Å². The summed E-state index contributed by atoms with van der Waals surface area (Å²) in [7, 11) is 2.13. The maximum Gasteiger partial charge on any atom is 0.0251 e. The van der Waals surface area contributed by atoms with Crippen LogP contribution in [0.3, 0.4) is 0 Å². The summed E-state index contributed by atoms with van der Waals surface area (Å²) >= 11 is 0. The van der Waals surface area contributed by atoms with Gasteiger partial charge in [-0.25, -0.2) is 0 Å². The van der Waals surface area contributed by atoms with E-state index in [1.165, 1.54) is 38.8 Å². The van der Waals surface area contributed by atoms with Crippen LogP contribution in [0, 0.1) is 11.8 Å². The van der Waals surface area contributed by atoms with Crippen molar-refractivity contribution >= 4 is 0 Å². The standard InChI is InChI=1S/C15H32N2/c1-6-10-17(7-2)15-11-13(12(3)4)8-9-14(15)16-5/h12-16H,6-11H2,1-5H3. The topological polar surface area (TPSA) is 15.3 Å². The number of nitrogens with zero attached hydrogens (tertiary/aromatic N) is 1. The summed E-state index contributed by atoms with van der Waals surface area (Å²) in [6, 6.07) is 1.46. The molecule has 0 aliphatic heterocycles. The highest BCUT2D eigenvalue weighted by Crippen LogP contribution is 2.32. The summed E-state index contributed by atoms with van der Waals surface area (Å²) in [6.45, 7) is 11.8. The van der Waals surface area contributed by atoms with Crippen molar-refractivity contribution in [1.82, 2.24) is 10.2 Å². The summed E-state index contributed by atoms with van der Waals surface area (Å²) in [5.41, 5.74) is 0. The van der Waals surface area contributed by atoms with Crippen molar-refractivity contribution in [3.05, 3.63) is 0 Å². The van der Waals surface area contributed by atoms with Gasteiger partial charge in [-0.1, -0.05) is 27.7 Å². The summed E-state index contributed by atoms with van der Waals surface area (Å²) in [4.78, 5) is 2.69. The molecule has 1 fully saturated rings. The molecule has 3 atom stereocenters. The number of nitrogens with one attached hydrogen (secondary N) is 1. The van der Waals surface area contributed by atoms with E-state index in [4.69, 9.17) is 0 Å². The molecule has 1 saturated carbocycles. The molecule has 0 bridgehead atoms. The molecule has 1 aliphatic rings. The van der Waals surface area contributed by atoms with E-state index in [2.05, 4.69) is 45.0 Å². The van der Waals surface area contributed by atoms with Crippen LogP contribution in [0.15, 0.2) is 0 Å². The molecule has 0 aromatic rings. The Kier molecular flexibility index (Phi) is 6.50. The molecule has 0 spiro atoms. The Balaban J connectivity index is 2.67. The fourth-order valence-electron chi connectivity index (χ4n) is 3.37. The van der Waals surface area contributed by atoms with Crippen molar-refractivity contribution in [3.8, 4) is 0 Å². The van der Waals surface area contributed by atoms with Gasteiger partial charge in [0.15, 0.2) is 0 Å². The molecule has 1 N–H and O–H groups in total. The Hall–Kier alpha value is -0.0800. The Labute approximate surface area is 108 Å². The van der Waals surface area contributed by atoms with Gasteiger partial charge in [-0.2, -0.15) is 0 Å². The lowest BCUT2D eigenvalue weighted by Gasteiger charge is -2.43. The highest BCUT2D eigenvalue weighted by Gasteiger charge is 2.33. The second-order valence-corrected chi connectivity index (χ2v) is 5.91. The Bertz CT molecular complexity index is 203. The second kappa shape index (κ2) is 7.38. The smallest absolute Gasteiger partial charge is 0.0251 e. The molecule has 1 rings (SSSR count). The Morgan fingerprint density at radius 2 is 1.94 bits per heavy atom. The molecule has 102 valence electrons. The van der Waals surface area contributed by atoms with E-state index in [0.717, 1.165) is 17.9 Å². The van der Waals surface area contributed by atoms with E-state index < -0.39 is 0 Å². The second-order valence-electron chi connectivity index (χ2n) is 5.91. The van der Waals surface area contributed by atoms with E-state index in [1.807, 2.05) is 0 Å². The molecule has 1 aliphatic carbocycles. The van der Waals surface area contributed by atoms with Gasteiger partial charge in [0.05, 0.1) is 0 Å². The lowest BCUT2D eigenvalue weighted by molar-refractivity contribution is 0.0896. The van der Waals surface area contributed by atoms with Gasteiger partial charge in [0, 0.05) is 12.1 Å². The van der Waals surface area contributed by atoms with Crippen LogP contribution in [0.4, 0.5) is 0 Å². The molecule has 0 saturated heterocycles. The maximum absolute atomic E-state index is 3.55. The van der Waals surface area contributed by atoms with Crippen molar-refractivity contribution in [2.75, 3.05) is 20.1 Å². The third-order valence-electron chi connectivity index (χ3n) is 4.56. The highest BCUT2D eigenvalue weighted by atomic mass is 15.2. The predicted octanol–water partition coefficient (Wildman–Crippen LogP) is 3.13. The quantitative estimate of drug-likeness (QED) is 0.767. The molecule has 0 radical (unpaired) electrons. The minimum absolute atomic E-state index is 0.705. The Morgan fingerprint density at radius 3 is 2.41 bits per heavy atom. The van der Waals surface area contributed by atoms with Gasteiger partial charge in [0.2, 0.25) is 0 Å². The highest BCUT2D eigenvalue weighted by molar-refractivity contribution is 4.91. The average Bonchev–Trinajstić information content (AvgIpc) is 2.35. The molecule has 0 aromatic carbocycles. The van der Waals surface area contributed by atoms with Crippen LogP contribution >= 0.6 is 0 Å². The van der Waals surface area contributed by atoms with Crippen molar-refractivity contribution < 1.29 is 0 Å². The van der Waals surface area contributed by atoms with Crippen LogP contribution in [0.25, 0.3) is 0 Å².